The van der Waals surface area contributed by atoms with Crippen LogP contribution in [-0.4, -0.2) is 65.7 Å². The summed E-state index contributed by atoms with van der Waals surface area (Å²) in [5.74, 6) is 0.684. The summed E-state index contributed by atoms with van der Waals surface area (Å²) >= 11 is 0. The number of fused-ring (bicyclic) bond motifs is 1. The van der Waals surface area contributed by atoms with E-state index in [1.165, 1.54) is 0 Å². The molecule has 1 atom stereocenters. The quantitative estimate of drug-likeness (QED) is 0.476. The monoisotopic (exact) mass is 505 g/mol. The molecule has 2 fully saturated rings. The van der Waals surface area contributed by atoms with E-state index in [4.69, 9.17) is 9.41 Å². The predicted molar refractivity (Wildman–Crippen MR) is 142 cm³/mol. The van der Waals surface area contributed by atoms with Crippen LogP contribution in [-0.2, 0) is 14.4 Å². The molecule has 5 rings (SSSR count). The highest BCUT2D eigenvalue weighted by Gasteiger charge is 2.30. The number of benzene rings is 1. The van der Waals surface area contributed by atoms with Gasteiger partial charge in [-0.1, -0.05) is 6.08 Å². The highest BCUT2D eigenvalue weighted by molar-refractivity contribution is 6.10. The molecule has 3 aliphatic rings. The lowest BCUT2D eigenvalue weighted by molar-refractivity contribution is -0.140. The fourth-order valence-electron chi connectivity index (χ4n) is 5.30. The average molecular weight is 506 g/mol. The molecule has 2 aliphatic heterocycles. The Labute approximate surface area is 216 Å². The van der Waals surface area contributed by atoms with Gasteiger partial charge in [0.15, 0.2) is 0 Å². The van der Waals surface area contributed by atoms with E-state index < -0.39 is 6.04 Å². The number of amides is 3. The molecule has 0 bridgehead atoms. The zero-order valence-corrected chi connectivity index (χ0v) is 21.4. The van der Waals surface area contributed by atoms with Crippen molar-refractivity contribution < 1.29 is 18.8 Å². The summed E-state index contributed by atoms with van der Waals surface area (Å²) in [6.07, 6.45) is 8.77. The van der Waals surface area contributed by atoms with Crippen LogP contribution in [0.2, 0.25) is 0 Å². The second-order valence-corrected chi connectivity index (χ2v) is 10.1. The minimum absolute atomic E-state index is 0.000917. The van der Waals surface area contributed by atoms with Crippen molar-refractivity contribution >= 4 is 40.3 Å². The molecule has 3 heterocycles. The van der Waals surface area contributed by atoms with Gasteiger partial charge in [-0.25, -0.2) is 4.99 Å². The summed E-state index contributed by atoms with van der Waals surface area (Å²) in [6, 6.07) is 6.93. The number of carbonyl (C=O) groups excluding carboxylic acids is 3. The molecule has 37 heavy (non-hydrogen) atoms. The second kappa shape index (κ2) is 11.2. The van der Waals surface area contributed by atoms with E-state index in [0.717, 1.165) is 86.0 Å². The molecule has 0 saturated carbocycles. The number of nitrogens with one attached hydrogen (secondary N) is 2. The van der Waals surface area contributed by atoms with Crippen LogP contribution in [0.3, 0.4) is 0 Å². The number of rotatable bonds is 5. The van der Waals surface area contributed by atoms with Gasteiger partial charge in [0.1, 0.15) is 17.4 Å². The van der Waals surface area contributed by atoms with Gasteiger partial charge in [0.25, 0.3) is 5.91 Å². The zero-order valence-electron chi connectivity index (χ0n) is 21.4. The van der Waals surface area contributed by atoms with Crippen molar-refractivity contribution in [2.45, 2.75) is 64.3 Å². The van der Waals surface area contributed by atoms with E-state index in [2.05, 4.69) is 10.6 Å². The van der Waals surface area contributed by atoms with Gasteiger partial charge in [-0.3, -0.25) is 19.7 Å². The van der Waals surface area contributed by atoms with Gasteiger partial charge in [0.2, 0.25) is 17.8 Å². The first-order valence-corrected chi connectivity index (χ1v) is 13.4. The van der Waals surface area contributed by atoms with Gasteiger partial charge in [-0.15, -0.1) is 0 Å². The lowest BCUT2D eigenvalue weighted by Crippen LogP contribution is -2.45. The van der Waals surface area contributed by atoms with Crippen molar-refractivity contribution in [1.82, 2.24) is 15.1 Å². The molecular weight excluding hydrogens is 470 g/mol. The van der Waals surface area contributed by atoms with Gasteiger partial charge in [-0.05, 0) is 82.6 Å². The third-order valence-electron chi connectivity index (χ3n) is 7.29. The van der Waals surface area contributed by atoms with Gasteiger partial charge >= 0.3 is 0 Å². The number of nitrogens with zero attached hydrogens (tertiary/aromatic N) is 3. The number of allylic oxidation sites excluding steroid dienone is 1. The number of hydrogen-bond donors (Lipinski definition) is 2. The standard InChI is InChI=1S/C28H35N5O4/c1-19-16-21-17-22(11-12-24(21)37-19)29-28(31-26(35)20-8-2-3-9-20)30-23-10-4-5-15-33(27(23)36)18-25(34)32-13-6-7-14-32/h8,11-12,16-17,23H,2-7,9-10,13-15,18H2,1H3,(H2,29,30,31,35). The van der Waals surface area contributed by atoms with Crippen LogP contribution in [0.4, 0.5) is 5.69 Å². The first-order chi connectivity index (χ1) is 18.0. The molecule has 1 aliphatic carbocycles. The van der Waals surface area contributed by atoms with Crippen LogP contribution in [0.15, 0.2) is 45.3 Å². The number of aryl methyl sites for hydroxylation is 1. The van der Waals surface area contributed by atoms with Crippen LogP contribution < -0.4 is 10.6 Å². The molecule has 1 unspecified atom stereocenters. The number of likely N-dealkylation sites (tertiary alicyclic amines) is 2. The third kappa shape index (κ3) is 6.03. The van der Waals surface area contributed by atoms with Crippen LogP contribution in [0.5, 0.6) is 0 Å². The first-order valence-electron chi connectivity index (χ1n) is 13.4. The van der Waals surface area contributed by atoms with Gasteiger partial charge in [-0.2, -0.15) is 0 Å². The number of guanidine groups is 1. The molecule has 196 valence electrons. The maximum absolute atomic E-state index is 13.5. The Morgan fingerprint density at radius 1 is 1.08 bits per heavy atom. The van der Waals surface area contributed by atoms with E-state index in [-0.39, 0.29) is 30.2 Å². The van der Waals surface area contributed by atoms with Gasteiger partial charge < -0.3 is 19.5 Å². The second-order valence-electron chi connectivity index (χ2n) is 10.1. The highest BCUT2D eigenvalue weighted by Crippen LogP contribution is 2.23. The summed E-state index contributed by atoms with van der Waals surface area (Å²) in [4.78, 5) is 47.4. The SMILES string of the molecule is Cc1cc2cc(NC(=NC3CCCCN(CC(=O)N4CCCC4)C3=O)NC(=O)C3=CCCC3)ccc2o1. The van der Waals surface area contributed by atoms with E-state index in [1.807, 2.05) is 42.2 Å². The van der Waals surface area contributed by atoms with Crippen molar-refractivity contribution in [3.05, 3.63) is 41.7 Å². The maximum Gasteiger partial charge on any atom is 0.253 e. The zero-order chi connectivity index (χ0) is 25.8. The predicted octanol–water partition coefficient (Wildman–Crippen LogP) is 3.74. The summed E-state index contributed by atoms with van der Waals surface area (Å²) in [7, 11) is 0. The Kier molecular flexibility index (Phi) is 7.58. The van der Waals surface area contributed by atoms with Crippen molar-refractivity contribution in [3.63, 3.8) is 0 Å². The average Bonchev–Trinajstić information content (AvgIpc) is 3.64. The fraction of sp³-hybridized carbons (Fsp3) is 0.500. The largest absolute Gasteiger partial charge is 0.461 e. The molecule has 2 N–H and O–H groups in total. The third-order valence-corrected chi connectivity index (χ3v) is 7.29. The minimum atomic E-state index is -0.672. The van der Waals surface area contributed by atoms with Crippen LogP contribution in [0.25, 0.3) is 11.0 Å². The number of carbonyl (C=O) groups is 3. The maximum atomic E-state index is 13.5. The van der Waals surface area contributed by atoms with Crippen molar-refractivity contribution in [3.8, 4) is 0 Å². The summed E-state index contributed by atoms with van der Waals surface area (Å²) in [5, 5.41) is 7.07. The molecule has 2 aromatic rings. The van der Waals surface area contributed by atoms with Crippen molar-refractivity contribution in [1.29, 1.82) is 0 Å². The molecule has 3 amide bonds. The van der Waals surface area contributed by atoms with E-state index in [0.29, 0.717) is 13.0 Å². The van der Waals surface area contributed by atoms with Crippen molar-refractivity contribution in [2.75, 3.05) is 31.5 Å². The summed E-state index contributed by atoms with van der Waals surface area (Å²) in [6.45, 7) is 4.05. The lowest BCUT2D eigenvalue weighted by atomic mass is 10.1. The lowest BCUT2D eigenvalue weighted by Gasteiger charge is -2.25. The van der Waals surface area contributed by atoms with Gasteiger partial charge in [0.05, 0.1) is 6.54 Å². The Hall–Kier alpha value is -3.62. The van der Waals surface area contributed by atoms with Crippen LogP contribution >= 0.6 is 0 Å². The molecule has 1 aromatic heterocycles. The van der Waals surface area contributed by atoms with E-state index >= 15 is 0 Å². The molecule has 9 nitrogen and oxygen atoms in total. The smallest absolute Gasteiger partial charge is 0.253 e. The van der Waals surface area contributed by atoms with Gasteiger partial charge in [0, 0.05) is 36.3 Å². The fourth-order valence-corrected chi connectivity index (χ4v) is 5.30. The number of hydrogen-bond acceptors (Lipinski definition) is 5. The molecule has 0 radical (unpaired) electrons. The summed E-state index contributed by atoms with van der Waals surface area (Å²) < 4.78 is 5.67. The Balaban J connectivity index is 1.37. The minimum Gasteiger partial charge on any atom is -0.461 e. The molecule has 1 aromatic carbocycles. The summed E-state index contributed by atoms with van der Waals surface area (Å²) in [5.41, 5.74) is 2.24. The Morgan fingerprint density at radius 2 is 1.89 bits per heavy atom. The number of anilines is 1. The Morgan fingerprint density at radius 3 is 2.68 bits per heavy atom. The molecule has 9 heteroatoms. The number of furan rings is 1. The van der Waals surface area contributed by atoms with E-state index in [9.17, 15) is 14.4 Å². The van der Waals surface area contributed by atoms with Crippen LogP contribution in [0.1, 0.15) is 57.1 Å². The van der Waals surface area contributed by atoms with Crippen molar-refractivity contribution in [2.24, 2.45) is 4.99 Å². The first kappa shape index (κ1) is 25.0. The van der Waals surface area contributed by atoms with Crippen LogP contribution in [0, 0.1) is 6.92 Å². The molecule has 2 saturated heterocycles. The highest BCUT2D eigenvalue weighted by atomic mass is 16.3. The molecular formula is C28H35N5O4. The van der Waals surface area contributed by atoms with E-state index in [1.54, 1.807) is 4.90 Å². The Bertz CT molecular complexity index is 1240. The number of aliphatic imine (C=N–C) groups is 1. The topological polar surface area (TPSA) is 107 Å². The molecule has 0 spiro atoms. The normalized spacial score (nSPS) is 20.8.